The lowest BCUT2D eigenvalue weighted by Gasteiger charge is -2.27. The zero-order valence-electron chi connectivity index (χ0n) is 13.8. The van der Waals surface area contributed by atoms with Gasteiger partial charge in [0.1, 0.15) is 0 Å². The molecule has 1 unspecified atom stereocenters. The zero-order valence-corrected chi connectivity index (χ0v) is 13.8. The van der Waals surface area contributed by atoms with E-state index >= 15 is 0 Å². The maximum Gasteiger partial charge on any atom is 0.191 e. The van der Waals surface area contributed by atoms with Crippen LogP contribution in [-0.4, -0.2) is 36.3 Å². The number of nitrogens with zero attached hydrogens (tertiary/aromatic N) is 1. The normalized spacial score (nSPS) is 23.9. The van der Waals surface area contributed by atoms with Crippen molar-refractivity contribution < 1.29 is 5.11 Å². The molecule has 122 valence electrons. The number of hydrogen-bond acceptors (Lipinski definition) is 2. The molecule has 0 aliphatic heterocycles. The number of nitrogens with one attached hydrogen (secondary N) is 2. The van der Waals surface area contributed by atoms with Crippen LogP contribution in [-0.2, 0) is 0 Å². The Kier molecular flexibility index (Phi) is 6.72. The van der Waals surface area contributed by atoms with Crippen LogP contribution in [0.2, 0.25) is 0 Å². The number of rotatable bonds is 5. The summed E-state index contributed by atoms with van der Waals surface area (Å²) in [6, 6.07) is 10.9. The molecule has 0 heterocycles. The van der Waals surface area contributed by atoms with Gasteiger partial charge in [-0.2, -0.15) is 0 Å². The van der Waals surface area contributed by atoms with Crippen molar-refractivity contribution in [3.8, 4) is 0 Å². The van der Waals surface area contributed by atoms with E-state index in [0.717, 1.165) is 44.7 Å². The summed E-state index contributed by atoms with van der Waals surface area (Å²) >= 11 is 0. The Morgan fingerprint density at radius 3 is 2.55 bits per heavy atom. The topological polar surface area (TPSA) is 56.7 Å². The largest absolute Gasteiger partial charge is 0.393 e. The number of benzene rings is 1. The predicted molar refractivity (Wildman–Crippen MR) is 92.2 cm³/mol. The zero-order chi connectivity index (χ0) is 15.8. The molecule has 0 aromatic heterocycles. The summed E-state index contributed by atoms with van der Waals surface area (Å²) in [5.74, 6) is 1.30. The van der Waals surface area contributed by atoms with Crippen molar-refractivity contribution in [3.05, 3.63) is 35.9 Å². The second-order valence-corrected chi connectivity index (χ2v) is 6.18. The first kappa shape index (κ1) is 16.8. The van der Waals surface area contributed by atoms with Gasteiger partial charge in [0, 0.05) is 25.0 Å². The molecule has 0 spiro atoms. The Morgan fingerprint density at radius 1 is 1.23 bits per heavy atom. The van der Waals surface area contributed by atoms with Crippen LogP contribution in [0.25, 0.3) is 0 Å². The fourth-order valence-corrected chi connectivity index (χ4v) is 2.85. The Hall–Kier alpha value is -1.55. The molecule has 4 heteroatoms. The van der Waals surface area contributed by atoms with E-state index in [1.165, 1.54) is 5.56 Å². The molecule has 1 fully saturated rings. The fraction of sp³-hybridized carbons (Fsp3) is 0.611. The Morgan fingerprint density at radius 2 is 1.91 bits per heavy atom. The van der Waals surface area contributed by atoms with Gasteiger partial charge in [-0.25, -0.2) is 0 Å². The summed E-state index contributed by atoms with van der Waals surface area (Å²) < 4.78 is 0. The lowest BCUT2D eigenvalue weighted by molar-refractivity contribution is 0.120. The van der Waals surface area contributed by atoms with Crippen molar-refractivity contribution in [1.29, 1.82) is 0 Å². The molecule has 1 aromatic rings. The number of aliphatic hydroxyl groups excluding tert-OH is 1. The van der Waals surface area contributed by atoms with Crippen LogP contribution in [0.1, 0.15) is 51.0 Å². The number of aliphatic hydroxyl groups is 1. The first-order chi connectivity index (χ1) is 10.7. The minimum atomic E-state index is -0.115. The fourth-order valence-electron chi connectivity index (χ4n) is 2.85. The molecular formula is C18H29N3O. The summed E-state index contributed by atoms with van der Waals surface area (Å²) in [5, 5.41) is 16.4. The first-order valence-electron chi connectivity index (χ1n) is 8.47. The van der Waals surface area contributed by atoms with Crippen molar-refractivity contribution in [2.75, 3.05) is 13.1 Å². The third-order valence-electron chi connectivity index (χ3n) is 4.27. The second-order valence-electron chi connectivity index (χ2n) is 6.18. The minimum Gasteiger partial charge on any atom is -0.393 e. The highest BCUT2D eigenvalue weighted by Gasteiger charge is 2.20. The molecule has 1 aliphatic rings. The highest BCUT2D eigenvalue weighted by molar-refractivity contribution is 5.80. The standard InChI is InChI=1S/C18H29N3O/c1-3-19-18(21-16-9-11-17(22)12-10-16)20-13-14(2)15-7-5-4-6-8-15/h4-8,14,16-17,22H,3,9-13H2,1-2H3,(H2,19,20,21). The Bertz CT molecular complexity index is 453. The predicted octanol–water partition coefficient (Wildman–Crippen LogP) is 2.65. The Balaban J connectivity index is 1.89. The van der Waals surface area contributed by atoms with Crippen LogP contribution in [0.4, 0.5) is 0 Å². The van der Waals surface area contributed by atoms with E-state index < -0.39 is 0 Å². The van der Waals surface area contributed by atoms with Gasteiger partial charge in [-0.1, -0.05) is 37.3 Å². The minimum absolute atomic E-state index is 0.115. The molecule has 0 bridgehead atoms. The summed E-state index contributed by atoms with van der Waals surface area (Å²) in [6.45, 7) is 5.93. The van der Waals surface area contributed by atoms with E-state index in [4.69, 9.17) is 4.99 Å². The summed E-state index contributed by atoms with van der Waals surface area (Å²) in [4.78, 5) is 4.73. The molecule has 0 amide bonds. The average molecular weight is 303 g/mol. The van der Waals surface area contributed by atoms with Gasteiger partial charge in [0.25, 0.3) is 0 Å². The number of aliphatic imine (C=N–C) groups is 1. The van der Waals surface area contributed by atoms with Crippen molar-refractivity contribution in [2.24, 2.45) is 4.99 Å². The summed E-state index contributed by atoms with van der Waals surface area (Å²) in [7, 11) is 0. The van der Waals surface area contributed by atoms with E-state index in [0.29, 0.717) is 12.0 Å². The van der Waals surface area contributed by atoms with Crippen molar-refractivity contribution in [1.82, 2.24) is 10.6 Å². The third kappa shape index (κ3) is 5.34. The van der Waals surface area contributed by atoms with E-state index in [9.17, 15) is 5.11 Å². The lowest BCUT2D eigenvalue weighted by atomic mass is 9.93. The molecule has 1 atom stereocenters. The van der Waals surface area contributed by atoms with Crippen LogP contribution >= 0.6 is 0 Å². The molecule has 1 saturated carbocycles. The molecule has 2 rings (SSSR count). The monoisotopic (exact) mass is 303 g/mol. The van der Waals surface area contributed by atoms with Gasteiger partial charge in [0.05, 0.1) is 6.10 Å². The average Bonchev–Trinajstić information content (AvgIpc) is 2.55. The van der Waals surface area contributed by atoms with Gasteiger partial charge >= 0.3 is 0 Å². The number of guanidine groups is 1. The van der Waals surface area contributed by atoms with E-state index in [-0.39, 0.29) is 6.10 Å². The van der Waals surface area contributed by atoms with Crippen LogP contribution in [0.5, 0.6) is 0 Å². The Labute approximate surface area is 134 Å². The van der Waals surface area contributed by atoms with Gasteiger partial charge in [-0.3, -0.25) is 4.99 Å². The van der Waals surface area contributed by atoms with Gasteiger partial charge in [-0.15, -0.1) is 0 Å². The van der Waals surface area contributed by atoms with Crippen molar-refractivity contribution in [2.45, 2.75) is 57.6 Å². The highest BCUT2D eigenvalue weighted by atomic mass is 16.3. The molecule has 4 nitrogen and oxygen atoms in total. The van der Waals surface area contributed by atoms with E-state index in [1.54, 1.807) is 0 Å². The molecule has 22 heavy (non-hydrogen) atoms. The summed E-state index contributed by atoms with van der Waals surface area (Å²) in [6.07, 6.45) is 3.69. The maximum absolute atomic E-state index is 9.59. The second kappa shape index (κ2) is 8.79. The van der Waals surface area contributed by atoms with Gasteiger partial charge in [0.15, 0.2) is 5.96 Å². The van der Waals surface area contributed by atoms with Gasteiger partial charge < -0.3 is 15.7 Å². The van der Waals surface area contributed by atoms with Crippen LogP contribution < -0.4 is 10.6 Å². The lowest BCUT2D eigenvalue weighted by Crippen LogP contribution is -2.45. The van der Waals surface area contributed by atoms with E-state index in [2.05, 4.69) is 48.7 Å². The maximum atomic E-state index is 9.59. The van der Waals surface area contributed by atoms with Crippen molar-refractivity contribution >= 4 is 5.96 Å². The van der Waals surface area contributed by atoms with Crippen LogP contribution in [0.3, 0.4) is 0 Å². The van der Waals surface area contributed by atoms with Crippen LogP contribution in [0.15, 0.2) is 35.3 Å². The molecule has 0 radical (unpaired) electrons. The first-order valence-corrected chi connectivity index (χ1v) is 8.47. The molecule has 1 aliphatic carbocycles. The molecule has 0 saturated heterocycles. The SMILES string of the molecule is CCNC(=NCC(C)c1ccccc1)NC1CCC(O)CC1. The molecule has 1 aromatic carbocycles. The quantitative estimate of drug-likeness (QED) is 0.579. The van der Waals surface area contributed by atoms with Crippen molar-refractivity contribution in [3.63, 3.8) is 0 Å². The van der Waals surface area contributed by atoms with E-state index in [1.807, 2.05) is 6.07 Å². The van der Waals surface area contributed by atoms with Gasteiger partial charge in [0.2, 0.25) is 0 Å². The molecule has 3 N–H and O–H groups in total. The molecular weight excluding hydrogens is 274 g/mol. The smallest absolute Gasteiger partial charge is 0.191 e. The van der Waals surface area contributed by atoms with Gasteiger partial charge in [-0.05, 0) is 38.2 Å². The highest BCUT2D eigenvalue weighted by Crippen LogP contribution is 2.18. The third-order valence-corrected chi connectivity index (χ3v) is 4.27. The van der Waals surface area contributed by atoms with Crippen LogP contribution in [0, 0.1) is 0 Å². The number of hydrogen-bond donors (Lipinski definition) is 3. The summed E-state index contributed by atoms with van der Waals surface area (Å²) in [5.41, 5.74) is 1.32.